The van der Waals surface area contributed by atoms with E-state index in [1.165, 1.54) is 38.6 Å². The molecule has 118 valence electrons. The highest BCUT2D eigenvalue weighted by Gasteiger charge is 2.37. The van der Waals surface area contributed by atoms with Gasteiger partial charge < -0.3 is 4.42 Å². The minimum Gasteiger partial charge on any atom is -0.456 e. The number of rotatable bonds is 1. The van der Waals surface area contributed by atoms with Crippen molar-refractivity contribution in [1.29, 1.82) is 0 Å². The van der Waals surface area contributed by atoms with Crippen molar-refractivity contribution in [3.8, 4) is 11.1 Å². The second-order valence-electron chi connectivity index (χ2n) is 7.32. The van der Waals surface area contributed by atoms with Gasteiger partial charge in [-0.3, -0.25) is 0 Å². The minimum absolute atomic E-state index is 0.0302. The van der Waals surface area contributed by atoms with Gasteiger partial charge in [0, 0.05) is 16.2 Å². The Labute approximate surface area is 141 Å². The van der Waals surface area contributed by atoms with E-state index < -0.39 is 0 Å². The van der Waals surface area contributed by atoms with E-state index in [2.05, 4.69) is 69.3 Å². The van der Waals surface area contributed by atoms with E-state index in [1.807, 2.05) is 6.07 Å². The molecule has 0 saturated carbocycles. The van der Waals surface area contributed by atoms with Crippen molar-refractivity contribution < 1.29 is 4.42 Å². The van der Waals surface area contributed by atoms with Gasteiger partial charge in [0.15, 0.2) is 0 Å². The molecule has 0 spiro atoms. The lowest BCUT2D eigenvalue weighted by Gasteiger charge is -2.21. The smallest absolute Gasteiger partial charge is 0.136 e. The highest BCUT2D eigenvalue weighted by Crippen LogP contribution is 2.53. The maximum atomic E-state index is 6.11. The molecule has 5 rings (SSSR count). The molecule has 0 fully saturated rings. The second-order valence-corrected chi connectivity index (χ2v) is 7.32. The quantitative estimate of drug-likeness (QED) is 0.393. The number of benzene rings is 3. The number of aryl methyl sites for hydroxylation is 1. The van der Waals surface area contributed by atoms with E-state index in [0.717, 1.165) is 17.6 Å². The van der Waals surface area contributed by atoms with Crippen molar-refractivity contribution >= 4 is 21.9 Å². The summed E-state index contributed by atoms with van der Waals surface area (Å²) in [5.41, 5.74) is 8.96. The van der Waals surface area contributed by atoms with Crippen LogP contribution in [0.3, 0.4) is 0 Å². The fourth-order valence-electron chi connectivity index (χ4n) is 4.31. The number of hydrogen-bond donors (Lipinski definition) is 0. The Morgan fingerprint density at radius 1 is 0.875 bits per heavy atom. The monoisotopic (exact) mass is 312 g/mol. The molecular weight excluding hydrogens is 292 g/mol. The second kappa shape index (κ2) is 4.51. The lowest BCUT2D eigenvalue weighted by atomic mass is 9.81. The average molecular weight is 312 g/mol. The Morgan fingerprint density at radius 3 is 2.54 bits per heavy atom. The molecule has 0 unspecified atom stereocenters. The van der Waals surface area contributed by atoms with Gasteiger partial charge in [-0.05, 0) is 46.4 Å². The van der Waals surface area contributed by atoms with E-state index in [9.17, 15) is 0 Å². The third-order valence-electron chi connectivity index (χ3n) is 5.65. The summed E-state index contributed by atoms with van der Waals surface area (Å²) in [5.74, 6) is 0. The van der Waals surface area contributed by atoms with Crippen LogP contribution in [0.25, 0.3) is 33.1 Å². The zero-order chi connectivity index (χ0) is 16.5. The van der Waals surface area contributed by atoms with Crippen LogP contribution in [0, 0.1) is 0 Å². The predicted octanol–water partition coefficient (Wildman–Crippen LogP) is 6.45. The first kappa shape index (κ1) is 13.9. The van der Waals surface area contributed by atoms with E-state index in [4.69, 9.17) is 4.42 Å². The highest BCUT2D eigenvalue weighted by molar-refractivity contribution is 6.14. The van der Waals surface area contributed by atoms with Gasteiger partial charge >= 0.3 is 0 Å². The first-order valence-electron chi connectivity index (χ1n) is 8.69. The molecule has 0 radical (unpaired) electrons. The van der Waals surface area contributed by atoms with Crippen LogP contribution in [0.15, 0.2) is 59.0 Å². The largest absolute Gasteiger partial charge is 0.456 e. The van der Waals surface area contributed by atoms with Crippen molar-refractivity contribution in [3.63, 3.8) is 0 Å². The van der Waals surface area contributed by atoms with Gasteiger partial charge in [0.05, 0.1) is 0 Å². The Bertz CT molecular complexity index is 1110. The average Bonchev–Trinajstić information content (AvgIpc) is 3.08. The highest BCUT2D eigenvalue weighted by atomic mass is 16.3. The summed E-state index contributed by atoms with van der Waals surface area (Å²) < 4.78 is 6.11. The van der Waals surface area contributed by atoms with E-state index >= 15 is 0 Å². The van der Waals surface area contributed by atoms with Crippen LogP contribution in [-0.4, -0.2) is 0 Å². The number of fused-ring (bicyclic) bond motifs is 7. The van der Waals surface area contributed by atoms with Gasteiger partial charge in [-0.15, -0.1) is 0 Å². The summed E-state index contributed by atoms with van der Waals surface area (Å²) in [6.07, 6.45) is 1.07. The molecule has 4 aromatic rings. The molecule has 24 heavy (non-hydrogen) atoms. The lowest BCUT2D eigenvalue weighted by molar-refractivity contribution is 0.656. The summed E-state index contributed by atoms with van der Waals surface area (Å²) in [5, 5.41) is 2.48. The first-order chi connectivity index (χ1) is 11.6. The molecule has 1 nitrogen and oxygen atoms in total. The van der Waals surface area contributed by atoms with Crippen molar-refractivity contribution in [3.05, 3.63) is 71.3 Å². The molecule has 1 aliphatic rings. The summed E-state index contributed by atoms with van der Waals surface area (Å²) >= 11 is 0. The van der Waals surface area contributed by atoms with Gasteiger partial charge in [-0.1, -0.05) is 63.2 Å². The molecule has 0 N–H and O–H groups in total. The number of furan rings is 1. The molecule has 0 amide bonds. The number of hydrogen-bond acceptors (Lipinski definition) is 1. The van der Waals surface area contributed by atoms with E-state index in [-0.39, 0.29) is 5.41 Å². The fraction of sp³-hybridized carbons (Fsp3) is 0.217. The molecular formula is C23H20O. The summed E-state index contributed by atoms with van der Waals surface area (Å²) in [6.45, 7) is 6.90. The van der Waals surface area contributed by atoms with Crippen molar-refractivity contribution in [2.24, 2.45) is 0 Å². The maximum absolute atomic E-state index is 6.11. The summed E-state index contributed by atoms with van der Waals surface area (Å²) in [6, 6.07) is 19.7. The Kier molecular flexibility index (Phi) is 2.60. The topological polar surface area (TPSA) is 13.1 Å². The van der Waals surface area contributed by atoms with Crippen molar-refractivity contribution in [1.82, 2.24) is 0 Å². The molecule has 0 bridgehead atoms. The van der Waals surface area contributed by atoms with Crippen molar-refractivity contribution in [2.75, 3.05) is 0 Å². The van der Waals surface area contributed by atoms with E-state index in [1.54, 1.807) is 0 Å². The fourth-order valence-corrected chi connectivity index (χ4v) is 4.31. The SMILES string of the molecule is CCc1ccc2c(c1)C(C)(C)c1ccc3oc4ccccc4c3c1-2. The molecule has 0 saturated heterocycles. The first-order valence-corrected chi connectivity index (χ1v) is 8.69. The van der Waals surface area contributed by atoms with Crippen LogP contribution in [-0.2, 0) is 11.8 Å². The van der Waals surface area contributed by atoms with Gasteiger partial charge in [0.25, 0.3) is 0 Å². The molecule has 0 aliphatic heterocycles. The van der Waals surface area contributed by atoms with Crippen LogP contribution < -0.4 is 0 Å². The van der Waals surface area contributed by atoms with Gasteiger partial charge in [0.1, 0.15) is 11.2 Å². The van der Waals surface area contributed by atoms with Gasteiger partial charge in [-0.25, -0.2) is 0 Å². The van der Waals surface area contributed by atoms with Crippen LogP contribution in [0.4, 0.5) is 0 Å². The predicted molar refractivity (Wildman–Crippen MR) is 101 cm³/mol. The molecule has 3 aromatic carbocycles. The Hall–Kier alpha value is -2.54. The summed E-state index contributed by atoms with van der Waals surface area (Å²) in [4.78, 5) is 0. The molecule has 1 aliphatic carbocycles. The molecule has 0 atom stereocenters. The lowest BCUT2D eigenvalue weighted by Crippen LogP contribution is -2.15. The van der Waals surface area contributed by atoms with Crippen LogP contribution in [0.1, 0.15) is 37.5 Å². The van der Waals surface area contributed by atoms with Crippen LogP contribution in [0.2, 0.25) is 0 Å². The third kappa shape index (κ3) is 1.60. The third-order valence-corrected chi connectivity index (χ3v) is 5.65. The maximum Gasteiger partial charge on any atom is 0.136 e. The Morgan fingerprint density at radius 2 is 1.71 bits per heavy atom. The molecule has 1 heterocycles. The number of para-hydroxylation sites is 1. The van der Waals surface area contributed by atoms with Crippen LogP contribution in [0.5, 0.6) is 0 Å². The normalized spacial score (nSPS) is 15.0. The molecule has 1 aromatic heterocycles. The minimum atomic E-state index is 0.0302. The van der Waals surface area contributed by atoms with E-state index in [0.29, 0.717) is 0 Å². The Balaban J connectivity index is 1.97. The molecule has 1 heteroatoms. The zero-order valence-corrected chi connectivity index (χ0v) is 14.3. The zero-order valence-electron chi connectivity index (χ0n) is 14.3. The summed E-state index contributed by atoms with van der Waals surface area (Å²) in [7, 11) is 0. The standard InChI is InChI=1S/C23H20O/c1-4-14-9-10-15-18(13-14)23(2,3)17-11-12-20-22(21(15)17)16-7-5-6-8-19(16)24-20/h5-13H,4H2,1-3H3. The van der Waals surface area contributed by atoms with Crippen LogP contribution >= 0.6 is 0 Å². The van der Waals surface area contributed by atoms with Gasteiger partial charge in [0.2, 0.25) is 0 Å². The van der Waals surface area contributed by atoms with Crippen molar-refractivity contribution in [2.45, 2.75) is 32.6 Å². The van der Waals surface area contributed by atoms with Gasteiger partial charge in [-0.2, -0.15) is 0 Å².